The highest BCUT2D eigenvalue weighted by molar-refractivity contribution is 7.91. The first-order chi connectivity index (χ1) is 5.05. The van der Waals surface area contributed by atoms with Gasteiger partial charge in [0.2, 0.25) is 0 Å². The topological polar surface area (TPSA) is 54.4 Å². The quantitative estimate of drug-likeness (QED) is 0.657. The van der Waals surface area contributed by atoms with Gasteiger partial charge in [0, 0.05) is 0 Å². The van der Waals surface area contributed by atoms with Gasteiger partial charge in [0.1, 0.15) is 0 Å². The molecule has 1 unspecified atom stereocenters. The Morgan fingerprint density at radius 2 is 2.27 bits per heavy atom. The van der Waals surface area contributed by atoms with Crippen LogP contribution in [0.3, 0.4) is 0 Å². The van der Waals surface area contributed by atoms with Gasteiger partial charge in [0.15, 0.2) is 9.84 Å². The molecule has 66 valence electrons. The molecule has 1 rings (SSSR count). The van der Waals surface area contributed by atoms with Crippen molar-refractivity contribution in [1.29, 1.82) is 0 Å². The second kappa shape index (κ2) is 3.11. The molecule has 1 aliphatic rings. The number of aliphatic hydroxyl groups is 1. The van der Waals surface area contributed by atoms with Crippen molar-refractivity contribution in [2.45, 2.75) is 25.9 Å². The van der Waals surface area contributed by atoms with E-state index in [9.17, 15) is 13.5 Å². The third-order valence-electron chi connectivity index (χ3n) is 2.23. The van der Waals surface area contributed by atoms with Crippen LogP contribution in [0, 0.1) is 5.92 Å². The van der Waals surface area contributed by atoms with E-state index in [0.29, 0.717) is 12.8 Å². The average Bonchev–Trinajstić information content (AvgIpc) is 2.29. The molecule has 0 spiro atoms. The molecule has 0 amide bonds. The molecule has 11 heavy (non-hydrogen) atoms. The molecule has 0 bridgehead atoms. The molecule has 0 saturated carbocycles. The summed E-state index contributed by atoms with van der Waals surface area (Å²) < 4.78 is 21.9. The maximum atomic E-state index is 11.0. The molecule has 4 heteroatoms. The van der Waals surface area contributed by atoms with Crippen molar-refractivity contribution >= 4 is 9.84 Å². The lowest BCUT2D eigenvalue weighted by atomic mass is 10.0. The Hall–Kier alpha value is -0.0900. The molecule has 0 radical (unpaired) electrons. The molecule has 1 N–H and O–H groups in total. The normalized spacial score (nSPS) is 32.0. The Morgan fingerprint density at radius 1 is 1.64 bits per heavy atom. The van der Waals surface area contributed by atoms with Gasteiger partial charge in [-0.15, -0.1) is 0 Å². The summed E-state index contributed by atoms with van der Waals surface area (Å²) in [6, 6.07) is 0. The van der Waals surface area contributed by atoms with Crippen LogP contribution >= 0.6 is 0 Å². The standard InChI is InChI=1S/C7H14O3S/c1-2-7(8)6-3-4-11(9,10)5-6/h6-8H,2-5H2,1H3/t6?,7-/m0/s1. The Kier molecular flexibility index (Phi) is 2.54. The maximum Gasteiger partial charge on any atom is 0.150 e. The van der Waals surface area contributed by atoms with Crippen molar-refractivity contribution in [2.24, 2.45) is 5.92 Å². The summed E-state index contributed by atoms with van der Waals surface area (Å²) in [5.41, 5.74) is 0. The van der Waals surface area contributed by atoms with Gasteiger partial charge in [0.05, 0.1) is 17.6 Å². The fourth-order valence-electron chi connectivity index (χ4n) is 1.46. The monoisotopic (exact) mass is 178 g/mol. The molecule has 0 aromatic carbocycles. The fraction of sp³-hybridized carbons (Fsp3) is 1.00. The van der Waals surface area contributed by atoms with Crippen LogP contribution in [0.25, 0.3) is 0 Å². The summed E-state index contributed by atoms with van der Waals surface area (Å²) in [4.78, 5) is 0. The van der Waals surface area contributed by atoms with E-state index in [2.05, 4.69) is 0 Å². The van der Waals surface area contributed by atoms with Gasteiger partial charge in [-0.2, -0.15) is 0 Å². The van der Waals surface area contributed by atoms with Crippen LogP contribution in [0.15, 0.2) is 0 Å². The Labute approximate surface area is 67.3 Å². The van der Waals surface area contributed by atoms with E-state index in [1.165, 1.54) is 0 Å². The molecule has 3 nitrogen and oxygen atoms in total. The third-order valence-corrected chi connectivity index (χ3v) is 4.02. The molecule has 0 aromatic heterocycles. The molecule has 1 heterocycles. The van der Waals surface area contributed by atoms with Gasteiger partial charge in [-0.05, 0) is 18.8 Å². The third kappa shape index (κ3) is 2.17. The number of hydrogen-bond donors (Lipinski definition) is 1. The smallest absolute Gasteiger partial charge is 0.150 e. The first kappa shape index (κ1) is 9.00. The molecular formula is C7H14O3S. The molecule has 0 aliphatic carbocycles. The predicted octanol–water partition coefficient (Wildman–Crippen LogP) is 0.192. The summed E-state index contributed by atoms with van der Waals surface area (Å²) in [7, 11) is -2.81. The summed E-state index contributed by atoms with van der Waals surface area (Å²) in [6.45, 7) is 1.87. The van der Waals surface area contributed by atoms with Crippen molar-refractivity contribution in [3.05, 3.63) is 0 Å². The summed E-state index contributed by atoms with van der Waals surface area (Å²) in [5, 5.41) is 9.33. The van der Waals surface area contributed by atoms with Gasteiger partial charge in [-0.3, -0.25) is 0 Å². The minimum Gasteiger partial charge on any atom is -0.393 e. The molecule has 0 aromatic rings. The second-order valence-electron chi connectivity index (χ2n) is 3.14. The lowest BCUT2D eigenvalue weighted by Crippen LogP contribution is -2.20. The maximum absolute atomic E-state index is 11.0. The van der Waals surface area contributed by atoms with Crippen molar-refractivity contribution < 1.29 is 13.5 Å². The Balaban J connectivity index is 2.55. The summed E-state index contributed by atoms with van der Waals surface area (Å²) in [5.74, 6) is 0.432. The zero-order valence-corrected chi connectivity index (χ0v) is 7.47. The molecule has 1 aliphatic heterocycles. The second-order valence-corrected chi connectivity index (χ2v) is 5.37. The van der Waals surface area contributed by atoms with Crippen LogP contribution < -0.4 is 0 Å². The summed E-state index contributed by atoms with van der Waals surface area (Å²) in [6.07, 6.45) is 0.865. The van der Waals surface area contributed by atoms with Gasteiger partial charge in [0.25, 0.3) is 0 Å². The average molecular weight is 178 g/mol. The zero-order chi connectivity index (χ0) is 8.48. The number of hydrogen-bond acceptors (Lipinski definition) is 3. The highest BCUT2D eigenvalue weighted by Crippen LogP contribution is 2.22. The van der Waals surface area contributed by atoms with Crippen LogP contribution in [0.5, 0.6) is 0 Å². The Bertz CT molecular complexity index is 220. The zero-order valence-electron chi connectivity index (χ0n) is 6.66. The van der Waals surface area contributed by atoms with Gasteiger partial charge in [-0.1, -0.05) is 6.92 Å². The van der Waals surface area contributed by atoms with E-state index in [0.717, 1.165) is 0 Å². The highest BCUT2D eigenvalue weighted by Gasteiger charge is 2.31. The first-order valence-corrected chi connectivity index (χ1v) is 5.76. The van der Waals surface area contributed by atoms with E-state index in [1.807, 2.05) is 6.92 Å². The Morgan fingerprint density at radius 3 is 2.64 bits per heavy atom. The molecule has 2 atom stereocenters. The predicted molar refractivity (Wildman–Crippen MR) is 43.1 cm³/mol. The van der Waals surface area contributed by atoms with E-state index in [4.69, 9.17) is 0 Å². The van der Waals surface area contributed by atoms with Crippen LogP contribution in [0.2, 0.25) is 0 Å². The number of aliphatic hydroxyl groups excluding tert-OH is 1. The van der Waals surface area contributed by atoms with Crippen molar-refractivity contribution in [2.75, 3.05) is 11.5 Å². The number of sulfone groups is 1. The van der Waals surface area contributed by atoms with Gasteiger partial charge >= 0.3 is 0 Å². The molecular weight excluding hydrogens is 164 g/mol. The van der Waals surface area contributed by atoms with Crippen LogP contribution in [-0.4, -0.2) is 31.1 Å². The highest BCUT2D eigenvalue weighted by atomic mass is 32.2. The van der Waals surface area contributed by atoms with E-state index < -0.39 is 15.9 Å². The molecule has 1 saturated heterocycles. The first-order valence-electron chi connectivity index (χ1n) is 3.93. The van der Waals surface area contributed by atoms with E-state index in [-0.39, 0.29) is 17.4 Å². The summed E-state index contributed by atoms with van der Waals surface area (Å²) >= 11 is 0. The van der Waals surface area contributed by atoms with Crippen LogP contribution in [0.1, 0.15) is 19.8 Å². The van der Waals surface area contributed by atoms with Gasteiger partial charge in [-0.25, -0.2) is 8.42 Å². The van der Waals surface area contributed by atoms with E-state index >= 15 is 0 Å². The largest absolute Gasteiger partial charge is 0.393 e. The number of rotatable bonds is 2. The van der Waals surface area contributed by atoms with Crippen molar-refractivity contribution in [3.63, 3.8) is 0 Å². The lowest BCUT2D eigenvalue weighted by molar-refractivity contribution is 0.116. The lowest BCUT2D eigenvalue weighted by Gasteiger charge is -2.13. The minimum absolute atomic E-state index is 0.00926. The van der Waals surface area contributed by atoms with Crippen LogP contribution in [0.4, 0.5) is 0 Å². The molecule has 1 fully saturated rings. The fourth-order valence-corrected chi connectivity index (χ4v) is 3.33. The van der Waals surface area contributed by atoms with Gasteiger partial charge < -0.3 is 5.11 Å². The van der Waals surface area contributed by atoms with Crippen molar-refractivity contribution in [1.82, 2.24) is 0 Å². The minimum atomic E-state index is -2.81. The van der Waals surface area contributed by atoms with Crippen molar-refractivity contribution in [3.8, 4) is 0 Å². The van der Waals surface area contributed by atoms with Crippen LogP contribution in [-0.2, 0) is 9.84 Å². The SMILES string of the molecule is CC[C@H](O)C1CCS(=O)(=O)C1. The van der Waals surface area contributed by atoms with E-state index in [1.54, 1.807) is 0 Å².